The van der Waals surface area contributed by atoms with Crippen LogP contribution >= 0.6 is 0 Å². The fourth-order valence-electron chi connectivity index (χ4n) is 1.25. The Kier molecular flexibility index (Phi) is 9.18. The van der Waals surface area contributed by atoms with E-state index >= 15 is 0 Å². The quantitative estimate of drug-likeness (QED) is 0.382. The van der Waals surface area contributed by atoms with Crippen LogP contribution < -0.4 is 5.32 Å². The molecule has 0 rings (SSSR count). The van der Waals surface area contributed by atoms with Crippen molar-refractivity contribution in [3.05, 3.63) is 11.6 Å². The summed E-state index contributed by atoms with van der Waals surface area (Å²) < 4.78 is 4.59. The molecule has 3 nitrogen and oxygen atoms in total. The van der Waals surface area contributed by atoms with Gasteiger partial charge in [-0.2, -0.15) is 0 Å². The van der Waals surface area contributed by atoms with Gasteiger partial charge in [0.2, 0.25) is 0 Å². The predicted octanol–water partition coefficient (Wildman–Crippen LogP) is 2.28. The third-order valence-electron chi connectivity index (χ3n) is 2.27. The number of hydrogen-bond donors (Lipinski definition) is 1. The molecule has 1 N–H and O–H groups in total. The van der Waals surface area contributed by atoms with Gasteiger partial charge in [-0.3, -0.25) is 0 Å². The van der Waals surface area contributed by atoms with Crippen LogP contribution in [0.3, 0.4) is 0 Å². The van der Waals surface area contributed by atoms with E-state index in [1.54, 1.807) is 6.92 Å². The lowest BCUT2D eigenvalue weighted by molar-refractivity contribution is -0.136. The number of esters is 1. The highest BCUT2D eigenvalue weighted by atomic mass is 16.5. The van der Waals surface area contributed by atoms with Crippen molar-refractivity contribution in [3.8, 4) is 0 Å². The largest absolute Gasteiger partial charge is 0.466 e. The second-order valence-electron chi connectivity index (χ2n) is 3.64. The van der Waals surface area contributed by atoms with E-state index in [0.717, 1.165) is 13.1 Å². The summed E-state index contributed by atoms with van der Waals surface area (Å²) in [5.41, 5.74) is 0.665. The fourth-order valence-corrected chi connectivity index (χ4v) is 1.25. The number of hydrogen-bond acceptors (Lipinski definition) is 3. The monoisotopic (exact) mass is 213 g/mol. The molecule has 0 atom stereocenters. The zero-order valence-corrected chi connectivity index (χ0v) is 10.1. The van der Waals surface area contributed by atoms with Crippen LogP contribution in [0.1, 0.15) is 39.5 Å². The van der Waals surface area contributed by atoms with E-state index < -0.39 is 0 Å². The van der Waals surface area contributed by atoms with E-state index in [-0.39, 0.29) is 5.97 Å². The first-order valence-electron chi connectivity index (χ1n) is 5.68. The van der Waals surface area contributed by atoms with Gasteiger partial charge in [-0.25, -0.2) is 4.79 Å². The van der Waals surface area contributed by atoms with Gasteiger partial charge >= 0.3 is 5.97 Å². The molecule has 0 unspecified atom stereocenters. The molecule has 0 radical (unpaired) electrons. The van der Waals surface area contributed by atoms with Crippen LogP contribution in [0.5, 0.6) is 0 Å². The van der Waals surface area contributed by atoms with E-state index in [1.165, 1.54) is 32.8 Å². The summed E-state index contributed by atoms with van der Waals surface area (Å²) in [5, 5.41) is 3.27. The van der Waals surface area contributed by atoms with Crippen LogP contribution in [0.25, 0.3) is 0 Å². The molecule has 0 spiro atoms. The zero-order chi connectivity index (χ0) is 11.5. The average Bonchev–Trinajstić information content (AvgIpc) is 2.26. The number of rotatable bonds is 8. The van der Waals surface area contributed by atoms with Crippen molar-refractivity contribution in [2.24, 2.45) is 0 Å². The van der Waals surface area contributed by atoms with Crippen molar-refractivity contribution in [2.75, 3.05) is 20.2 Å². The Labute approximate surface area is 92.9 Å². The lowest BCUT2D eigenvalue weighted by Gasteiger charge is -2.02. The second kappa shape index (κ2) is 9.71. The normalized spacial score (nSPS) is 11.5. The van der Waals surface area contributed by atoms with Crippen molar-refractivity contribution < 1.29 is 9.53 Å². The highest BCUT2D eigenvalue weighted by molar-refractivity contribution is 5.87. The number of nitrogens with one attached hydrogen (secondary N) is 1. The van der Waals surface area contributed by atoms with Crippen LogP contribution in [-0.2, 0) is 9.53 Å². The molecule has 0 amide bonds. The number of ether oxygens (including phenoxy) is 1. The minimum absolute atomic E-state index is 0.247. The minimum atomic E-state index is -0.247. The smallest absolute Gasteiger partial charge is 0.333 e. The maximum Gasteiger partial charge on any atom is 0.333 e. The number of carbonyl (C=O) groups excluding carboxylic acids is 1. The molecule has 0 saturated carbocycles. The number of carbonyl (C=O) groups is 1. The summed E-state index contributed by atoms with van der Waals surface area (Å²) in [6, 6.07) is 0. The summed E-state index contributed by atoms with van der Waals surface area (Å²) in [5.74, 6) is -0.247. The predicted molar refractivity (Wildman–Crippen MR) is 62.8 cm³/mol. The van der Waals surface area contributed by atoms with Gasteiger partial charge in [-0.1, -0.05) is 32.3 Å². The van der Waals surface area contributed by atoms with Crippen molar-refractivity contribution in [3.63, 3.8) is 0 Å². The highest BCUT2D eigenvalue weighted by Gasteiger charge is 2.00. The first-order chi connectivity index (χ1) is 7.22. The Morgan fingerprint density at radius 1 is 1.33 bits per heavy atom. The molecule has 0 aliphatic heterocycles. The molecule has 0 aliphatic carbocycles. The van der Waals surface area contributed by atoms with Crippen LogP contribution in [-0.4, -0.2) is 26.2 Å². The molecule has 15 heavy (non-hydrogen) atoms. The van der Waals surface area contributed by atoms with Crippen LogP contribution in [0.4, 0.5) is 0 Å². The molecule has 0 aromatic carbocycles. The summed E-state index contributed by atoms with van der Waals surface area (Å²) in [6.07, 6.45) is 6.92. The summed E-state index contributed by atoms with van der Waals surface area (Å²) in [6.45, 7) is 5.73. The number of methoxy groups -OCH3 is 1. The lowest BCUT2D eigenvalue weighted by Crippen LogP contribution is -2.16. The van der Waals surface area contributed by atoms with Gasteiger partial charge in [0.1, 0.15) is 0 Å². The molecule has 0 fully saturated rings. The van der Waals surface area contributed by atoms with Crippen molar-refractivity contribution in [1.82, 2.24) is 5.32 Å². The summed E-state index contributed by atoms with van der Waals surface area (Å²) in [7, 11) is 1.40. The SMILES string of the molecule is CCCCCCNC/C=C(/C)C(=O)OC. The molecule has 0 aliphatic rings. The van der Waals surface area contributed by atoms with Gasteiger partial charge in [0.05, 0.1) is 7.11 Å². The standard InChI is InChI=1S/C12H23NO2/c1-4-5-6-7-9-13-10-8-11(2)12(14)15-3/h8,13H,4-7,9-10H2,1-3H3/b11-8-. The van der Waals surface area contributed by atoms with Crippen molar-refractivity contribution in [2.45, 2.75) is 39.5 Å². The van der Waals surface area contributed by atoms with Gasteiger partial charge in [0, 0.05) is 12.1 Å². The Bertz CT molecular complexity index is 200. The van der Waals surface area contributed by atoms with E-state index in [0.29, 0.717) is 5.57 Å². The molecule has 0 aromatic heterocycles. The second-order valence-corrected chi connectivity index (χ2v) is 3.64. The van der Waals surface area contributed by atoms with Gasteiger partial charge in [0.15, 0.2) is 0 Å². The van der Waals surface area contributed by atoms with Gasteiger partial charge < -0.3 is 10.1 Å². The Balaban J connectivity index is 3.40. The third-order valence-corrected chi connectivity index (χ3v) is 2.27. The van der Waals surface area contributed by atoms with Crippen LogP contribution in [0.15, 0.2) is 11.6 Å². The number of unbranched alkanes of at least 4 members (excludes halogenated alkanes) is 3. The third kappa shape index (κ3) is 8.18. The maximum atomic E-state index is 11.0. The molecular formula is C12H23NO2. The average molecular weight is 213 g/mol. The Morgan fingerprint density at radius 2 is 2.07 bits per heavy atom. The van der Waals surface area contributed by atoms with E-state index in [4.69, 9.17) is 0 Å². The molecular weight excluding hydrogens is 190 g/mol. The van der Waals surface area contributed by atoms with Gasteiger partial charge in [0.25, 0.3) is 0 Å². The van der Waals surface area contributed by atoms with Crippen molar-refractivity contribution in [1.29, 1.82) is 0 Å². The van der Waals surface area contributed by atoms with Gasteiger partial charge in [-0.05, 0) is 19.9 Å². The first-order valence-corrected chi connectivity index (χ1v) is 5.68. The first kappa shape index (κ1) is 14.2. The lowest BCUT2D eigenvalue weighted by atomic mass is 10.2. The zero-order valence-electron chi connectivity index (χ0n) is 10.1. The van der Waals surface area contributed by atoms with E-state index in [1.807, 2.05) is 6.08 Å². The molecule has 0 heterocycles. The Hall–Kier alpha value is -0.830. The maximum absolute atomic E-state index is 11.0. The van der Waals surface area contributed by atoms with Gasteiger partial charge in [-0.15, -0.1) is 0 Å². The minimum Gasteiger partial charge on any atom is -0.466 e. The topological polar surface area (TPSA) is 38.3 Å². The van der Waals surface area contributed by atoms with E-state index in [9.17, 15) is 4.79 Å². The molecule has 3 heteroatoms. The Morgan fingerprint density at radius 3 is 2.67 bits per heavy atom. The molecule has 0 saturated heterocycles. The molecule has 88 valence electrons. The summed E-state index contributed by atoms with van der Waals surface area (Å²) in [4.78, 5) is 11.0. The van der Waals surface area contributed by atoms with E-state index in [2.05, 4.69) is 17.0 Å². The highest BCUT2D eigenvalue weighted by Crippen LogP contribution is 1.97. The molecule has 0 aromatic rings. The summed E-state index contributed by atoms with van der Waals surface area (Å²) >= 11 is 0. The van der Waals surface area contributed by atoms with Crippen molar-refractivity contribution >= 4 is 5.97 Å². The fraction of sp³-hybridized carbons (Fsp3) is 0.750. The van der Waals surface area contributed by atoms with Crippen LogP contribution in [0, 0.1) is 0 Å². The molecule has 0 bridgehead atoms. The van der Waals surface area contributed by atoms with Crippen LogP contribution in [0.2, 0.25) is 0 Å².